The average molecular weight is 197 g/mol. The molecule has 0 spiro atoms. The zero-order valence-electron chi connectivity index (χ0n) is 7.90. The van der Waals surface area contributed by atoms with Gasteiger partial charge in [-0.15, -0.1) is 0 Å². The molecular formula is C10H14O2P+. The molecule has 0 heterocycles. The molecule has 1 aromatic rings. The Balaban J connectivity index is 2.75. The topological polar surface area (TPSA) is 37.3 Å². The highest BCUT2D eigenvalue weighted by atomic mass is 31.1. The van der Waals surface area contributed by atoms with Gasteiger partial charge in [-0.3, -0.25) is 0 Å². The predicted molar refractivity (Wildman–Crippen MR) is 54.1 cm³/mol. The van der Waals surface area contributed by atoms with E-state index in [4.69, 9.17) is 4.89 Å². The van der Waals surface area contributed by atoms with E-state index in [1.165, 1.54) is 5.56 Å². The van der Waals surface area contributed by atoms with Gasteiger partial charge in [0.05, 0.1) is 0 Å². The minimum absolute atomic E-state index is 0.258. The molecule has 0 saturated carbocycles. The first kappa shape index (κ1) is 10.4. The lowest BCUT2D eigenvalue weighted by molar-refractivity contribution is 0.502. The van der Waals surface area contributed by atoms with Gasteiger partial charge in [0, 0.05) is 5.56 Å². The molecule has 0 bridgehead atoms. The van der Waals surface area contributed by atoms with Crippen LogP contribution in [0.3, 0.4) is 0 Å². The number of benzene rings is 1. The SMILES string of the molecule is CC(C)c1ccc(C[P+](=O)O)cc1. The fourth-order valence-corrected chi connectivity index (χ4v) is 1.69. The van der Waals surface area contributed by atoms with Crippen LogP contribution in [0.1, 0.15) is 30.9 Å². The fourth-order valence-electron chi connectivity index (χ4n) is 1.16. The molecule has 0 amide bonds. The van der Waals surface area contributed by atoms with E-state index in [0.29, 0.717) is 5.92 Å². The highest BCUT2D eigenvalue weighted by molar-refractivity contribution is 7.37. The van der Waals surface area contributed by atoms with Crippen molar-refractivity contribution in [1.29, 1.82) is 0 Å². The molecule has 2 nitrogen and oxygen atoms in total. The van der Waals surface area contributed by atoms with Crippen LogP contribution < -0.4 is 0 Å². The van der Waals surface area contributed by atoms with Crippen molar-refractivity contribution in [3.63, 3.8) is 0 Å². The largest absolute Gasteiger partial charge is 0.510 e. The van der Waals surface area contributed by atoms with E-state index in [1.54, 1.807) is 0 Å². The van der Waals surface area contributed by atoms with Gasteiger partial charge in [0.15, 0.2) is 0 Å². The molecule has 3 heteroatoms. The summed E-state index contributed by atoms with van der Waals surface area (Å²) in [5.41, 5.74) is 2.19. The highest BCUT2D eigenvalue weighted by Gasteiger charge is 2.11. The van der Waals surface area contributed by atoms with Gasteiger partial charge in [-0.05, 0) is 16.0 Å². The second-order valence-electron chi connectivity index (χ2n) is 3.41. The molecule has 0 aliphatic carbocycles. The van der Waals surface area contributed by atoms with Crippen LogP contribution in [0.25, 0.3) is 0 Å². The van der Waals surface area contributed by atoms with Crippen LogP contribution in [-0.4, -0.2) is 4.89 Å². The first-order chi connectivity index (χ1) is 6.09. The molecule has 1 aromatic carbocycles. The van der Waals surface area contributed by atoms with E-state index in [2.05, 4.69) is 13.8 Å². The average Bonchev–Trinajstić information content (AvgIpc) is 2.04. The number of rotatable bonds is 3. The minimum atomic E-state index is -2.05. The van der Waals surface area contributed by atoms with Crippen LogP contribution in [0, 0.1) is 0 Å². The van der Waals surface area contributed by atoms with Crippen molar-refractivity contribution in [2.24, 2.45) is 0 Å². The van der Waals surface area contributed by atoms with Gasteiger partial charge in [0.1, 0.15) is 0 Å². The zero-order valence-corrected chi connectivity index (χ0v) is 8.79. The van der Waals surface area contributed by atoms with Gasteiger partial charge in [0.2, 0.25) is 6.16 Å². The summed E-state index contributed by atoms with van der Waals surface area (Å²) in [7, 11) is -2.05. The minimum Gasteiger partial charge on any atom is -0.160 e. The lowest BCUT2D eigenvalue weighted by Gasteiger charge is -2.03. The first-order valence-corrected chi connectivity index (χ1v) is 5.71. The fraction of sp³-hybridized carbons (Fsp3) is 0.400. The maximum Gasteiger partial charge on any atom is 0.510 e. The Labute approximate surface area is 79.5 Å². The standard InChI is InChI=1S/C10H13O2P/c1-8(2)10-5-3-9(4-6-10)7-13(11)12/h3-6,8H,7H2,1-2H3/p+1. The normalized spacial score (nSPS) is 11.8. The van der Waals surface area contributed by atoms with Crippen molar-refractivity contribution in [3.8, 4) is 0 Å². The van der Waals surface area contributed by atoms with Gasteiger partial charge in [-0.25, -0.2) is 0 Å². The Kier molecular flexibility index (Phi) is 3.58. The second-order valence-corrected chi connectivity index (χ2v) is 4.43. The summed E-state index contributed by atoms with van der Waals surface area (Å²) >= 11 is 0. The van der Waals surface area contributed by atoms with E-state index < -0.39 is 8.03 Å². The summed E-state index contributed by atoms with van der Waals surface area (Å²) < 4.78 is 10.5. The maximum absolute atomic E-state index is 10.5. The number of hydrogen-bond acceptors (Lipinski definition) is 1. The van der Waals surface area contributed by atoms with Crippen LogP contribution in [-0.2, 0) is 10.7 Å². The van der Waals surface area contributed by atoms with Crippen LogP contribution in [0.2, 0.25) is 0 Å². The van der Waals surface area contributed by atoms with Crippen molar-refractivity contribution < 1.29 is 9.46 Å². The molecular weight excluding hydrogens is 183 g/mol. The number of hydrogen-bond donors (Lipinski definition) is 1. The van der Waals surface area contributed by atoms with Crippen LogP contribution in [0.4, 0.5) is 0 Å². The molecule has 70 valence electrons. The van der Waals surface area contributed by atoms with Gasteiger partial charge in [-0.1, -0.05) is 38.1 Å². The third-order valence-corrected chi connectivity index (χ3v) is 2.60. The van der Waals surface area contributed by atoms with Gasteiger partial charge in [-0.2, -0.15) is 4.89 Å². The zero-order chi connectivity index (χ0) is 9.84. The molecule has 1 unspecified atom stereocenters. The Morgan fingerprint density at radius 2 is 1.85 bits per heavy atom. The van der Waals surface area contributed by atoms with Crippen LogP contribution >= 0.6 is 8.03 Å². The van der Waals surface area contributed by atoms with Crippen molar-refractivity contribution in [2.75, 3.05) is 0 Å². The molecule has 0 saturated heterocycles. The molecule has 13 heavy (non-hydrogen) atoms. The van der Waals surface area contributed by atoms with E-state index in [9.17, 15) is 4.57 Å². The first-order valence-electron chi connectivity index (χ1n) is 4.32. The Hall–Kier alpha value is -0.720. The predicted octanol–water partition coefficient (Wildman–Crippen LogP) is 3.04. The summed E-state index contributed by atoms with van der Waals surface area (Å²) in [6.45, 7) is 4.25. The molecule has 0 aromatic heterocycles. The summed E-state index contributed by atoms with van der Waals surface area (Å²) in [6.07, 6.45) is 0.258. The third-order valence-electron chi connectivity index (χ3n) is 1.96. The van der Waals surface area contributed by atoms with Crippen LogP contribution in [0.15, 0.2) is 24.3 Å². The smallest absolute Gasteiger partial charge is 0.160 e. The van der Waals surface area contributed by atoms with Crippen LogP contribution in [0.5, 0.6) is 0 Å². The van der Waals surface area contributed by atoms with Gasteiger partial charge in [0.25, 0.3) is 0 Å². The molecule has 1 N–H and O–H groups in total. The lowest BCUT2D eigenvalue weighted by Crippen LogP contribution is -1.87. The van der Waals surface area contributed by atoms with Gasteiger partial charge >= 0.3 is 8.03 Å². The molecule has 0 fully saturated rings. The second kappa shape index (κ2) is 4.50. The van der Waals surface area contributed by atoms with E-state index in [0.717, 1.165) is 5.56 Å². The Morgan fingerprint density at radius 1 is 1.31 bits per heavy atom. The molecule has 1 rings (SSSR count). The Morgan fingerprint density at radius 3 is 2.23 bits per heavy atom. The lowest BCUT2D eigenvalue weighted by atomic mass is 10.0. The van der Waals surface area contributed by atoms with E-state index in [-0.39, 0.29) is 6.16 Å². The molecule has 1 atom stereocenters. The Bertz CT molecular complexity index is 290. The maximum atomic E-state index is 10.5. The summed E-state index contributed by atoms with van der Waals surface area (Å²) in [5, 5.41) is 0. The highest BCUT2D eigenvalue weighted by Crippen LogP contribution is 2.22. The van der Waals surface area contributed by atoms with Gasteiger partial charge < -0.3 is 0 Å². The quantitative estimate of drug-likeness (QED) is 0.756. The van der Waals surface area contributed by atoms with E-state index in [1.807, 2.05) is 24.3 Å². The monoisotopic (exact) mass is 197 g/mol. The van der Waals surface area contributed by atoms with Crippen molar-refractivity contribution in [3.05, 3.63) is 35.4 Å². The third kappa shape index (κ3) is 3.25. The summed E-state index contributed by atoms with van der Waals surface area (Å²) in [5.74, 6) is 0.511. The van der Waals surface area contributed by atoms with Crippen molar-refractivity contribution >= 4 is 8.03 Å². The van der Waals surface area contributed by atoms with E-state index >= 15 is 0 Å². The molecule has 0 aliphatic rings. The van der Waals surface area contributed by atoms with Crippen molar-refractivity contribution in [1.82, 2.24) is 0 Å². The summed E-state index contributed by atoms with van der Waals surface area (Å²) in [4.78, 5) is 8.69. The molecule has 0 radical (unpaired) electrons. The van der Waals surface area contributed by atoms with Crippen molar-refractivity contribution in [2.45, 2.75) is 25.9 Å². The summed E-state index contributed by atoms with van der Waals surface area (Å²) in [6, 6.07) is 7.86. The molecule has 0 aliphatic heterocycles.